The third-order valence-electron chi connectivity index (χ3n) is 1.60. The predicted molar refractivity (Wildman–Crippen MR) is 42.7 cm³/mol. The van der Waals surface area contributed by atoms with Crippen LogP contribution in [-0.4, -0.2) is 31.5 Å². The number of nitrogens with one attached hydrogen (secondary N) is 1. The fourth-order valence-electron chi connectivity index (χ4n) is 0.923. The van der Waals surface area contributed by atoms with E-state index in [9.17, 15) is 4.79 Å². The number of ether oxygens (including phenoxy) is 1. The van der Waals surface area contributed by atoms with Gasteiger partial charge in [0.1, 0.15) is 0 Å². The van der Waals surface area contributed by atoms with E-state index in [-0.39, 0.29) is 5.91 Å². The molecule has 0 saturated carbocycles. The standard InChI is InChI=1S/C7H12ClNO2/c8-1-2-9-7(10)3-6-4-11-5-6/h6H,1-5H2,(H,9,10). The number of carbonyl (C=O) groups is 1. The SMILES string of the molecule is O=C(CC1COC1)NCCCl. The van der Waals surface area contributed by atoms with Gasteiger partial charge in [0.05, 0.1) is 13.2 Å². The molecule has 0 bridgehead atoms. The molecular weight excluding hydrogens is 166 g/mol. The second-order valence-electron chi connectivity index (χ2n) is 2.65. The molecule has 0 spiro atoms. The zero-order valence-electron chi connectivity index (χ0n) is 6.31. The molecule has 0 radical (unpaired) electrons. The van der Waals surface area contributed by atoms with Crippen LogP contribution in [0.1, 0.15) is 6.42 Å². The molecular formula is C7H12ClNO2. The van der Waals surface area contributed by atoms with Crippen LogP contribution in [0.15, 0.2) is 0 Å². The maximum Gasteiger partial charge on any atom is 0.220 e. The van der Waals surface area contributed by atoms with Crippen molar-refractivity contribution < 1.29 is 9.53 Å². The normalized spacial score (nSPS) is 17.5. The first-order valence-corrected chi connectivity index (χ1v) is 4.27. The Morgan fingerprint density at radius 2 is 2.36 bits per heavy atom. The first-order valence-electron chi connectivity index (χ1n) is 3.73. The fraction of sp³-hybridized carbons (Fsp3) is 0.857. The second-order valence-corrected chi connectivity index (χ2v) is 3.02. The molecule has 1 heterocycles. The molecule has 1 rings (SSSR count). The smallest absolute Gasteiger partial charge is 0.220 e. The summed E-state index contributed by atoms with van der Waals surface area (Å²) in [6.45, 7) is 2.02. The Bertz CT molecular complexity index is 136. The molecule has 1 saturated heterocycles. The Morgan fingerprint density at radius 3 is 2.82 bits per heavy atom. The van der Waals surface area contributed by atoms with Gasteiger partial charge in [0.15, 0.2) is 0 Å². The van der Waals surface area contributed by atoms with Crippen LogP contribution in [0.4, 0.5) is 0 Å². The summed E-state index contributed by atoms with van der Waals surface area (Å²) in [6, 6.07) is 0. The highest BCUT2D eigenvalue weighted by Gasteiger charge is 2.20. The van der Waals surface area contributed by atoms with Crippen LogP contribution in [0.2, 0.25) is 0 Å². The zero-order chi connectivity index (χ0) is 8.10. The Kier molecular flexibility index (Phi) is 3.66. The highest BCUT2D eigenvalue weighted by atomic mass is 35.5. The molecule has 0 aliphatic carbocycles. The van der Waals surface area contributed by atoms with Crippen molar-refractivity contribution in [2.45, 2.75) is 6.42 Å². The van der Waals surface area contributed by atoms with Gasteiger partial charge in [-0.2, -0.15) is 0 Å². The lowest BCUT2D eigenvalue weighted by atomic mass is 10.0. The summed E-state index contributed by atoms with van der Waals surface area (Å²) in [5, 5.41) is 2.70. The van der Waals surface area contributed by atoms with Crippen molar-refractivity contribution in [3.8, 4) is 0 Å². The van der Waals surface area contributed by atoms with Crippen molar-refractivity contribution in [1.29, 1.82) is 0 Å². The van der Waals surface area contributed by atoms with Crippen molar-refractivity contribution >= 4 is 17.5 Å². The Hall–Kier alpha value is -0.280. The maximum atomic E-state index is 11.0. The van der Waals surface area contributed by atoms with Gasteiger partial charge in [-0.25, -0.2) is 0 Å². The first-order chi connectivity index (χ1) is 5.33. The van der Waals surface area contributed by atoms with E-state index in [2.05, 4.69) is 5.32 Å². The van der Waals surface area contributed by atoms with Crippen LogP contribution in [0, 0.1) is 5.92 Å². The lowest BCUT2D eigenvalue weighted by Gasteiger charge is -2.24. The number of amides is 1. The highest BCUT2D eigenvalue weighted by molar-refractivity contribution is 6.18. The van der Waals surface area contributed by atoms with Crippen LogP contribution in [-0.2, 0) is 9.53 Å². The molecule has 1 aliphatic rings. The van der Waals surface area contributed by atoms with Gasteiger partial charge in [0, 0.05) is 24.8 Å². The van der Waals surface area contributed by atoms with Crippen molar-refractivity contribution in [2.75, 3.05) is 25.6 Å². The van der Waals surface area contributed by atoms with E-state index in [0.29, 0.717) is 24.8 Å². The van der Waals surface area contributed by atoms with Gasteiger partial charge < -0.3 is 10.1 Å². The van der Waals surface area contributed by atoms with Crippen LogP contribution in [0.3, 0.4) is 0 Å². The summed E-state index contributed by atoms with van der Waals surface area (Å²) >= 11 is 5.39. The minimum Gasteiger partial charge on any atom is -0.381 e. The van der Waals surface area contributed by atoms with Crippen LogP contribution in [0.25, 0.3) is 0 Å². The summed E-state index contributed by atoms with van der Waals surface area (Å²) in [6.07, 6.45) is 0.580. The summed E-state index contributed by atoms with van der Waals surface area (Å²) in [7, 11) is 0. The number of rotatable bonds is 4. The molecule has 11 heavy (non-hydrogen) atoms. The van der Waals surface area contributed by atoms with Gasteiger partial charge in [0.2, 0.25) is 5.91 Å². The van der Waals surface area contributed by atoms with Gasteiger partial charge >= 0.3 is 0 Å². The largest absolute Gasteiger partial charge is 0.381 e. The van der Waals surface area contributed by atoms with E-state index < -0.39 is 0 Å². The minimum absolute atomic E-state index is 0.0824. The quantitative estimate of drug-likeness (QED) is 0.631. The topological polar surface area (TPSA) is 38.3 Å². The van der Waals surface area contributed by atoms with Gasteiger partial charge in [-0.3, -0.25) is 4.79 Å². The Labute approximate surface area is 71.1 Å². The van der Waals surface area contributed by atoms with Gasteiger partial charge in [-0.1, -0.05) is 0 Å². The van der Waals surface area contributed by atoms with Gasteiger partial charge in [0.25, 0.3) is 0 Å². The molecule has 3 nitrogen and oxygen atoms in total. The molecule has 0 unspecified atom stereocenters. The number of carbonyl (C=O) groups excluding carboxylic acids is 1. The van der Waals surface area contributed by atoms with Crippen LogP contribution in [0.5, 0.6) is 0 Å². The lowest BCUT2D eigenvalue weighted by Crippen LogP contribution is -2.34. The van der Waals surface area contributed by atoms with Crippen molar-refractivity contribution in [1.82, 2.24) is 5.32 Å². The molecule has 0 aromatic heterocycles. The summed E-state index contributed by atoms with van der Waals surface area (Å²) in [4.78, 5) is 11.0. The third-order valence-corrected chi connectivity index (χ3v) is 1.79. The Morgan fingerprint density at radius 1 is 1.64 bits per heavy atom. The number of halogens is 1. The van der Waals surface area contributed by atoms with Crippen molar-refractivity contribution in [2.24, 2.45) is 5.92 Å². The molecule has 4 heteroatoms. The van der Waals surface area contributed by atoms with E-state index in [4.69, 9.17) is 16.3 Å². The highest BCUT2D eigenvalue weighted by Crippen LogP contribution is 2.13. The zero-order valence-corrected chi connectivity index (χ0v) is 7.06. The Balaban J connectivity index is 2.00. The monoisotopic (exact) mass is 177 g/mol. The fourth-order valence-corrected chi connectivity index (χ4v) is 1.02. The van der Waals surface area contributed by atoms with Gasteiger partial charge in [-0.05, 0) is 0 Å². The van der Waals surface area contributed by atoms with Gasteiger partial charge in [-0.15, -0.1) is 11.6 Å². The average Bonchev–Trinajstić information content (AvgIpc) is 1.93. The van der Waals surface area contributed by atoms with Crippen LogP contribution < -0.4 is 5.32 Å². The predicted octanol–water partition coefficient (Wildman–Crippen LogP) is 0.378. The lowest BCUT2D eigenvalue weighted by molar-refractivity contribution is -0.126. The molecule has 0 aromatic carbocycles. The summed E-state index contributed by atoms with van der Waals surface area (Å²) < 4.78 is 4.93. The number of alkyl halides is 1. The first kappa shape index (κ1) is 8.81. The third kappa shape index (κ3) is 3.08. The molecule has 1 fully saturated rings. The van der Waals surface area contributed by atoms with E-state index in [1.165, 1.54) is 0 Å². The van der Waals surface area contributed by atoms with Crippen molar-refractivity contribution in [3.63, 3.8) is 0 Å². The van der Waals surface area contributed by atoms with E-state index in [1.54, 1.807) is 0 Å². The summed E-state index contributed by atoms with van der Waals surface area (Å²) in [5.74, 6) is 0.997. The van der Waals surface area contributed by atoms with Crippen LogP contribution >= 0.6 is 11.6 Å². The molecule has 0 atom stereocenters. The van der Waals surface area contributed by atoms with E-state index in [1.807, 2.05) is 0 Å². The molecule has 0 aromatic rings. The molecule has 64 valence electrons. The maximum absolute atomic E-state index is 11.0. The molecule has 1 amide bonds. The van der Waals surface area contributed by atoms with E-state index in [0.717, 1.165) is 13.2 Å². The summed E-state index contributed by atoms with van der Waals surface area (Å²) in [5.41, 5.74) is 0. The number of hydrogen-bond donors (Lipinski definition) is 1. The number of hydrogen-bond acceptors (Lipinski definition) is 2. The molecule has 1 aliphatic heterocycles. The average molecular weight is 178 g/mol. The molecule has 1 N–H and O–H groups in total. The van der Waals surface area contributed by atoms with Crippen molar-refractivity contribution in [3.05, 3.63) is 0 Å². The second kappa shape index (κ2) is 4.57. The minimum atomic E-state index is 0.0824. The van der Waals surface area contributed by atoms with E-state index >= 15 is 0 Å².